The number of fused-ring (bicyclic) bond motifs is 1. The van der Waals surface area contributed by atoms with Crippen molar-refractivity contribution in [3.63, 3.8) is 0 Å². The van der Waals surface area contributed by atoms with Crippen LogP contribution in [-0.2, 0) is 0 Å². The number of carbonyl (C=O) groups is 1. The van der Waals surface area contributed by atoms with Gasteiger partial charge in [-0.2, -0.15) is 0 Å². The molecule has 3 atom stereocenters. The quantitative estimate of drug-likeness (QED) is 0.804. The fourth-order valence-corrected chi connectivity index (χ4v) is 4.96. The van der Waals surface area contributed by atoms with Gasteiger partial charge in [0.25, 0.3) is 11.5 Å². The van der Waals surface area contributed by atoms with Gasteiger partial charge in [-0.3, -0.25) is 14.2 Å². The van der Waals surface area contributed by atoms with Gasteiger partial charge < -0.3 is 10.6 Å². The molecule has 5 nitrogen and oxygen atoms in total. The Morgan fingerprint density at radius 1 is 1.17 bits per heavy atom. The summed E-state index contributed by atoms with van der Waals surface area (Å²) in [6, 6.07) is 10.0. The van der Waals surface area contributed by atoms with E-state index < -0.39 is 0 Å². The Labute approximate surface area is 184 Å². The summed E-state index contributed by atoms with van der Waals surface area (Å²) < 4.78 is 1.60. The van der Waals surface area contributed by atoms with Crippen molar-refractivity contribution < 1.29 is 4.79 Å². The summed E-state index contributed by atoms with van der Waals surface area (Å²) in [4.78, 5) is 28.6. The summed E-state index contributed by atoms with van der Waals surface area (Å²) in [5.74, 6) is 1.05. The van der Waals surface area contributed by atoms with Crippen LogP contribution in [0.4, 0.5) is 0 Å². The van der Waals surface area contributed by atoms with Crippen molar-refractivity contribution in [2.75, 3.05) is 13.1 Å². The highest BCUT2D eigenvalue weighted by Crippen LogP contribution is 2.36. The molecule has 0 bridgehead atoms. The van der Waals surface area contributed by atoms with Crippen LogP contribution in [0, 0.1) is 18.8 Å². The Kier molecular flexibility index (Phi) is 6.73. The highest BCUT2D eigenvalue weighted by molar-refractivity contribution is 5.95. The number of rotatable bonds is 3. The number of likely N-dealkylation sites (tertiary alicyclic amines) is 1. The zero-order chi connectivity index (χ0) is 20.7. The number of hydrogen-bond acceptors (Lipinski definition) is 3. The number of hydrogen-bond donors (Lipinski definition) is 1. The third kappa shape index (κ3) is 4.06. The Morgan fingerprint density at radius 2 is 1.93 bits per heavy atom. The molecule has 30 heavy (non-hydrogen) atoms. The molecule has 0 radical (unpaired) electrons. The van der Waals surface area contributed by atoms with Crippen LogP contribution < -0.4 is 11.3 Å². The predicted octanol–water partition coefficient (Wildman–Crippen LogP) is 3.89. The molecule has 1 aromatic heterocycles. The molecule has 162 valence electrons. The lowest BCUT2D eigenvalue weighted by atomic mass is 9.78. The van der Waals surface area contributed by atoms with Crippen molar-refractivity contribution in [2.45, 2.75) is 52.0 Å². The van der Waals surface area contributed by atoms with Crippen LogP contribution in [0.15, 0.2) is 41.3 Å². The van der Waals surface area contributed by atoms with E-state index in [1.807, 2.05) is 36.1 Å². The number of nitrogens with zero attached hydrogens (tertiary/aromatic N) is 2. The number of aromatic nitrogens is 1. The zero-order valence-electron chi connectivity index (χ0n) is 18.0. The van der Waals surface area contributed by atoms with Crippen LogP contribution in [-0.4, -0.2) is 34.5 Å². The number of nitrogens with two attached hydrogens (primary N) is 1. The number of halogens is 1. The lowest BCUT2D eigenvalue weighted by Crippen LogP contribution is -2.39. The fraction of sp³-hybridized carbons (Fsp3) is 0.500. The normalized spacial score (nSPS) is 23.2. The summed E-state index contributed by atoms with van der Waals surface area (Å²) >= 11 is 0. The average Bonchev–Trinajstić information content (AvgIpc) is 3.14. The van der Waals surface area contributed by atoms with Gasteiger partial charge in [0.05, 0.1) is 0 Å². The number of benzene rings is 1. The maximum absolute atomic E-state index is 13.4. The topological polar surface area (TPSA) is 68.3 Å². The zero-order valence-corrected chi connectivity index (χ0v) is 18.8. The maximum atomic E-state index is 13.4. The van der Waals surface area contributed by atoms with Crippen LogP contribution >= 0.6 is 12.4 Å². The van der Waals surface area contributed by atoms with Crippen LogP contribution in [0.5, 0.6) is 0 Å². The largest absolute Gasteiger partial charge is 0.338 e. The molecule has 2 N–H and O–H groups in total. The van der Waals surface area contributed by atoms with Crippen molar-refractivity contribution in [3.05, 3.63) is 63.6 Å². The minimum absolute atomic E-state index is 0. The van der Waals surface area contributed by atoms with Gasteiger partial charge in [0.1, 0.15) is 5.56 Å². The lowest BCUT2D eigenvalue weighted by Gasteiger charge is -2.29. The van der Waals surface area contributed by atoms with Crippen molar-refractivity contribution in [3.8, 4) is 5.69 Å². The molecule has 1 saturated heterocycles. The highest BCUT2D eigenvalue weighted by Gasteiger charge is 2.41. The highest BCUT2D eigenvalue weighted by atomic mass is 35.5. The smallest absolute Gasteiger partial charge is 0.268 e. The molecule has 1 aliphatic heterocycles. The first-order valence-corrected chi connectivity index (χ1v) is 10.7. The van der Waals surface area contributed by atoms with E-state index in [0.29, 0.717) is 30.8 Å². The lowest BCUT2D eigenvalue weighted by molar-refractivity contribution is 0.0780. The molecule has 1 amide bonds. The van der Waals surface area contributed by atoms with E-state index in [1.165, 1.54) is 5.56 Å². The third-order valence-electron chi connectivity index (χ3n) is 6.77. The molecule has 1 aromatic carbocycles. The number of carbonyl (C=O) groups excluding carboxylic acids is 1. The van der Waals surface area contributed by atoms with Crippen LogP contribution in [0.3, 0.4) is 0 Å². The van der Waals surface area contributed by atoms with E-state index in [2.05, 4.69) is 19.9 Å². The molecule has 2 aromatic rings. The van der Waals surface area contributed by atoms with Gasteiger partial charge in [0.2, 0.25) is 0 Å². The molecule has 2 heterocycles. The maximum Gasteiger partial charge on any atom is 0.268 e. The molecule has 1 saturated carbocycles. The van der Waals surface area contributed by atoms with Crippen molar-refractivity contribution >= 4 is 18.3 Å². The van der Waals surface area contributed by atoms with E-state index in [-0.39, 0.29) is 35.5 Å². The molecule has 4 rings (SSSR count). The molecule has 1 aliphatic carbocycles. The molecule has 0 unspecified atom stereocenters. The van der Waals surface area contributed by atoms with Gasteiger partial charge in [-0.15, -0.1) is 12.4 Å². The van der Waals surface area contributed by atoms with Crippen LogP contribution in [0.25, 0.3) is 5.69 Å². The Balaban J connectivity index is 0.00000256. The third-order valence-corrected chi connectivity index (χ3v) is 6.77. The summed E-state index contributed by atoms with van der Waals surface area (Å²) in [5, 5.41) is 0. The summed E-state index contributed by atoms with van der Waals surface area (Å²) in [6.45, 7) is 7.49. The van der Waals surface area contributed by atoms with Crippen LogP contribution in [0.2, 0.25) is 0 Å². The van der Waals surface area contributed by atoms with Crippen molar-refractivity contribution in [1.82, 2.24) is 9.47 Å². The van der Waals surface area contributed by atoms with Gasteiger partial charge >= 0.3 is 0 Å². The van der Waals surface area contributed by atoms with E-state index in [4.69, 9.17) is 5.73 Å². The first-order chi connectivity index (χ1) is 13.9. The Bertz CT molecular complexity index is 985. The SMILES string of the molecule is Cc1ccn(-c2cccc(C(C)C)c2)c(=O)c1C(=O)N1C[C@H]2CCC[C@@H](N)[C@H]2C1.Cl. The van der Waals surface area contributed by atoms with Crippen molar-refractivity contribution in [1.29, 1.82) is 0 Å². The van der Waals surface area contributed by atoms with Gasteiger partial charge in [-0.1, -0.05) is 32.4 Å². The Hall–Kier alpha value is -2.11. The monoisotopic (exact) mass is 429 g/mol. The first-order valence-electron chi connectivity index (χ1n) is 10.7. The van der Waals surface area contributed by atoms with E-state index in [9.17, 15) is 9.59 Å². The van der Waals surface area contributed by atoms with Crippen LogP contribution in [0.1, 0.15) is 60.5 Å². The molecule has 2 fully saturated rings. The summed E-state index contributed by atoms with van der Waals surface area (Å²) in [5.41, 5.74) is 9.06. The number of aryl methyl sites for hydroxylation is 1. The minimum Gasteiger partial charge on any atom is -0.338 e. The van der Waals surface area contributed by atoms with Gasteiger partial charge in [-0.05, 0) is 66.8 Å². The van der Waals surface area contributed by atoms with E-state index in [1.54, 1.807) is 10.8 Å². The fourth-order valence-electron chi connectivity index (χ4n) is 4.96. The molecule has 2 aliphatic rings. The number of amides is 1. The van der Waals surface area contributed by atoms with Gasteiger partial charge in [0.15, 0.2) is 0 Å². The van der Waals surface area contributed by atoms with E-state index in [0.717, 1.165) is 30.5 Å². The summed E-state index contributed by atoms with van der Waals surface area (Å²) in [7, 11) is 0. The van der Waals surface area contributed by atoms with Gasteiger partial charge in [0, 0.05) is 31.0 Å². The minimum atomic E-state index is -0.241. The summed E-state index contributed by atoms with van der Waals surface area (Å²) in [6.07, 6.45) is 5.07. The first kappa shape index (κ1) is 22.6. The molecular weight excluding hydrogens is 398 g/mol. The second-order valence-electron chi connectivity index (χ2n) is 9.03. The second-order valence-corrected chi connectivity index (χ2v) is 9.03. The van der Waals surface area contributed by atoms with Gasteiger partial charge in [-0.25, -0.2) is 0 Å². The predicted molar refractivity (Wildman–Crippen MR) is 123 cm³/mol. The van der Waals surface area contributed by atoms with Crippen molar-refractivity contribution in [2.24, 2.45) is 17.6 Å². The second kappa shape index (κ2) is 8.94. The standard InChI is InChI=1S/C24H31N3O2.ClH/c1-15(2)17-6-4-8-19(12-17)27-11-10-16(3)22(24(27)29)23(28)26-13-18-7-5-9-21(25)20(18)14-26;/h4,6,8,10-12,15,18,20-21H,5,7,9,13-14,25H2,1-3H3;1H/t18-,20+,21-;/m1./s1. The molecule has 6 heteroatoms. The van der Waals surface area contributed by atoms with E-state index >= 15 is 0 Å². The Morgan fingerprint density at radius 3 is 2.63 bits per heavy atom. The number of pyridine rings is 1. The average molecular weight is 430 g/mol. The molecular formula is C24H32ClN3O2. The molecule has 0 spiro atoms.